The maximum atomic E-state index is 14.0. The minimum absolute atomic E-state index is 0. The fourth-order valence-electron chi connectivity index (χ4n) is 1.96. The van der Waals surface area contributed by atoms with E-state index >= 15 is 0 Å². The number of hydrogen-bond acceptors (Lipinski definition) is 5. The van der Waals surface area contributed by atoms with Gasteiger partial charge in [0.05, 0.1) is 17.2 Å². The third-order valence-corrected chi connectivity index (χ3v) is 2.85. The van der Waals surface area contributed by atoms with E-state index in [1.54, 1.807) is 6.07 Å². The molecule has 0 amide bonds. The van der Waals surface area contributed by atoms with Crippen LogP contribution in [0.5, 0.6) is 5.88 Å². The minimum Gasteiger partial charge on any atom is -1.00 e. The molecule has 0 saturated carbocycles. The smallest absolute Gasteiger partial charge is 1.00 e. The minimum atomic E-state index is -1.15. The second-order valence-corrected chi connectivity index (χ2v) is 4.07. The molecule has 2 heterocycles. The number of aromatic nitrogens is 4. The summed E-state index contributed by atoms with van der Waals surface area (Å²) in [7, 11) is 0. The van der Waals surface area contributed by atoms with Crippen molar-refractivity contribution in [2.75, 3.05) is 0 Å². The van der Waals surface area contributed by atoms with Crippen LogP contribution in [0.4, 0.5) is 8.78 Å². The molecule has 0 spiro atoms. The van der Waals surface area contributed by atoms with Crippen LogP contribution in [0.25, 0.3) is 16.9 Å². The molecule has 0 aliphatic heterocycles. The van der Waals surface area contributed by atoms with E-state index < -0.39 is 34.2 Å². The van der Waals surface area contributed by atoms with Crippen molar-refractivity contribution in [1.82, 2.24) is 19.6 Å². The van der Waals surface area contributed by atoms with E-state index in [4.69, 9.17) is 5.26 Å². The van der Waals surface area contributed by atoms with E-state index in [9.17, 15) is 18.7 Å². The Morgan fingerprint density at radius 2 is 1.95 bits per heavy atom. The Morgan fingerprint density at radius 3 is 2.55 bits per heavy atom. The Hall–Kier alpha value is -2.28. The SMILES string of the molecule is N#Cc1cc(F)c(-c2c(O)n3ncnc3[nH]c2=O)c(F)c1.[H-].[Na+]. The number of halogens is 2. The van der Waals surface area contributed by atoms with Gasteiger partial charge in [0.25, 0.3) is 5.56 Å². The molecule has 0 atom stereocenters. The summed E-state index contributed by atoms with van der Waals surface area (Å²) in [6, 6.07) is 3.12. The molecular formula is C12H6F2N5NaO2. The van der Waals surface area contributed by atoms with Gasteiger partial charge in [0.1, 0.15) is 23.5 Å². The number of rotatable bonds is 1. The van der Waals surface area contributed by atoms with Crippen molar-refractivity contribution in [1.29, 1.82) is 5.26 Å². The molecule has 1 aromatic carbocycles. The van der Waals surface area contributed by atoms with Crippen molar-refractivity contribution in [3.8, 4) is 23.1 Å². The summed E-state index contributed by atoms with van der Waals surface area (Å²) in [5.74, 6) is -3.12. The average molecular weight is 313 g/mol. The molecule has 2 aromatic heterocycles. The van der Waals surface area contributed by atoms with Gasteiger partial charge in [-0.2, -0.15) is 19.9 Å². The largest absolute Gasteiger partial charge is 1.00 e. The first kappa shape index (κ1) is 16.1. The van der Waals surface area contributed by atoms with Crippen molar-refractivity contribution in [3.63, 3.8) is 0 Å². The average Bonchev–Trinajstić information content (AvgIpc) is 2.89. The van der Waals surface area contributed by atoms with Gasteiger partial charge in [0, 0.05) is 0 Å². The van der Waals surface area contributed by atoms with Gasteiger partial charge >= 0.3 is 29.6 Å². The number of hydrogen-bond donors (Lipinski definition) is 2. The van der Waals surface area contributed by atoms with Crippen LogP contribution in [-0.4, -0.2) is 24.7 Å². The number of nitriles is 1. The maximum Gasteiger partial charge on any atom is 1.00 e. The summed E-state index contributed by atoms with van der Waals surface area (Å²) in [6.07, 6.45) is 1.06. The first-order valence-electron chi connectivity index (χ1n) is 5.57. The van der Waals surface area contributed by atoms with Gasteiger partial charge in [-0.25, -0.2) is 8.78 Å². The second kappa shape index (κ2) is 5.84. The summed E-state index contributed by atoms with van der Waals surface area (Å²) in [5, 5.41) is 22.3. The molecule has 0 unspecified atom stereocenters. The number of aromatic hydroxyl groups is 1. The van der Waals surface area contributed by atoms with Crippen LogP contribution in [0.15, 0.2) is 23.3 Å². The van der Waals surface area contributed by atoms with Crippen LogP contribution in [-0.2, 0) is 0 Å². The van der Waals surface area contributed by atoms with Crippen molar-refractivity contribution < 1.29 is 44.9 Å². The van der Waals surface area contributed by atoms with E-state index in [0.29, 0.717) is 0 Å². The molecule has 0 saturated heterocycles. The zero-order valence-corrected chi connectivity index (χ0v) is 13.1. The third kappa shape index (κ3) is 2.37. The van der Waals surface area contributed by atoms with E-state index in [1.807, 2.05) is 0 Å². The van der Waals surface area contributed by atoms with Gasteiger partial charge in [-0.05, 0) is 12.1 Å². The number of fused-ring (bicyclic) bond motifs is 1. The summed E-state index contributed by atoms with van der Waals surface area (Å²) in [6.45, 7) is 0. The molecule has 7 nitrogen and oxygen atoms in total. The Bertz CT molecular complexity index is 959. The molecule has 3 aromatic rings. The Balaban J connectivity index is 0.00000132. The first-order chi connectivity index (χ1) is 10.0. The van der Waals surface area contributed by atoms with Crippen LogP contribution in [0.1, 0.15) is 6.99 Å². The van der Waals surface area contributed by atoms with Crippen molar-refractivity contribution >= 4 is 5.78 Å². The molecule has 0 radical (unpaired) electrons. The van der Waals surface area contributed by atoms with Crippen LogP contribution in [0.3, 0.4) is 0 Å². The molecule has 106 valence electrons. The Morgan fingerprint density at radius 1 is 1.32 bits per heavy atom. The van der Waals surface area contributed by atoms with E-state index in [-0.39, 0.29) is 42.3 Å². The van der Waals surface area contributed by atoms with Crippen molar-refractivity contribution in [2.45, 2.75) is 0 Å². The summed E-state index contributed by atoms with van der Waals surface area (Å²) < 4.78 is 28.8. The molecule has 3 rings (SSSR count). The van der Waals surface area contributed by atoms with Gasteiger partial charge in [-0.3, -0.25) is 9.78 Å². The summed E-state index contributed by atoms with van der Waals surface area (Å²) >= 11 is 0. The molecule has 22 heavy (non-hydrogen) atoms. The Kier molecular flexibility index (Phi) is 4.27. The van der Waals surface area contributed by atoms with E-state index in [1.165, 1.54) is 0 Å². The predicted octanol–water partition coefficient (Wildman–Crippen LogP) is -1.94. The monoisotopic (exact) mass is 313 g/mol. The van der Waals surface area contributed by atoms with Crippen LogP contribution in [0, 0.1) is 23.0 Å². The zero-order chi connectivity index (χ0) is 15.1. The number of nitrogens with zero attached hydrogens (tertiary/aromatic N) is 4. The van der Waals surface area contributed by atoms with Gasteiger partial charge in [-0.15, -0.1) is 0 Å². The van der Waals surface area contributed by atoms with Crippen molar-refractivity contribution in [3.05, 3.63) is 46.0 Å². The van der Waals surface area contributed by atoms with E-state index in [0.717, 1.165) is 23.0 Å². The predicted molar refractivity (Wildman–Crippen MR) is 66.5 cm³/mol. The van der Waals surface area contributed by atoms with E-state index in [2.05, 4.69) is 15.1 Å². The van der Waals surface area contributed by atoms with Gasteiger partial charge in [-0.1, -0.05) is 0 Å². The fraction of sp³-hybridized carbons (Fsp3) is 0. The summed E-state index contributed by atoms with van der Waals surface area (Å²) in [4.78, 5) is 17.8. The van der Waals surface area contributed by atoms with Gasteiger partial charge in [0.15, 0.2) is 0 Å². The number of aromatic amines is 1. The topological polar surface area (TPSA) is 107 Å². The maximum absolute atomic E-state index is 14.0. The first-order valence-corrected chi connectivity index (χ1v) is 5.57. The van der Waals surface area contributed by atoms with Gasteiger partial charge in [0.2, 0.25) is 11.7 Å². The van der Waals surface area contributed by atoms with Crippen LogP contribution >= 0.6 is 0 Å². The molecular weight excluding hydrogens is 307 g/mol. The summed E-state index contributed by atoms with van der Waals surface area (Å²) in [5.41, 5.74) is -2.56. The molecule has 2 N–H and O–H groups in total. The van der Waals surface area contributed by atoms with Crippen LogP contribution in [0.2, 0.25) is 0 Å². The quantitative estimate of drug-likeness (QED) is 0.508. The number of H-pyrrole nitrogens is 1. The molecule has 0 aliphatic carbocycles. The normalized spacial score (nSPS) is 10.2. The zero-order valence-electron chi connectivity index (χ0n) is 12.1. The second-order valence-electron chi connectivity index (χ2n) is 4.07. The third-order valence-electron chi connectivity index (χ3n) is 2.85. The fourth-order valence-corrected chi connectivity index (χ4v) is 1.96. The van der Waals surface area contributed by atoms with Crippen LogP contribution < -0.4 is 35.1 Å². The molecule has 0 fully saturated rings. The standard InChI is InChI=1S/C12H5F2N5O2.Na.H/c13-6-1-5(3-15)2-7(14)8(6)9-10(20)18-12-16-4-17-19(12)11(9)21;;/h1-2,4,21H,(H,16,17,18,20);;/q;+1;-1. The molecule has 10 heteroatoms. The molecule has 0 bridgehead atoms. The Labute approximate surface area is 144 Å². The number of benzene rings is 1. The van der Waals surface area contributed by atoms with Gasteiger partial charge < -0.3 is 6.53 Å². The van der Waals surface area contributed by atoms with Crippen molar-refractivity contribution in [2.24, 2.45) is 0 Å². The molecule has 0 aliphatic rings. The number of nitrogens with one attached hydrogen (secondary N) is 1.